The van der Waals surface area contributed by atoms with Gasteiger partial charge in [-0.3, -0.25) is 4.79 Å². The fourth-order valence-corrected chi connectivity index (χ4v) is 3.08. The normalized spacial score (nSPS) is 11.2. The molecule has 34 heavy (non-hydrogen) atoms. The maximum atomic E-state index is 12.6. The lowest BCUT2D eigenvalue weighted by Crippen LogP contribution is -2.43. The number of Topliss-reactive ketones (excluding diaryl/α,β-unsaturated/α-hetero) is 1. The van der Waals surface area contributed by atoms with E-state index in [0.29, 0.717) is 30.8 Å². The Morgan fingerprint density at radius 1 is 0.765 bits per heavy atom. The van der Waals surface area contributed by atoms with Crippen molar-refractivity contribution >= 4 is 23.8 Å². The molecule has 0 spiro atoms. The molecule has 2 aromatic carbocycles. The topological polar surface area (TPSA) is 108 Å². The SMILES string of the molecule is CC(=O)CCCCCC(NC(=O)Oc1ccccc1)C(=O)OCCCC(=O)Oc1ccccc1. The Labute approximate surface area is 199 Å². The van der Waals surface area contributed by atoms with Crippen LogP contribution in [0.3, 0.4) is 0 Å². The Kier molecular flexibility index (Phi) is 11.9. The van der Waals surface area contributed by atoms with Crippen molar-refractivity contribution in [2.45, 2.75) is 57.9 Å². The van der Waals surface area contributed by atoms with Gasteiger partial charge in [0.1, 0.15) is 23.3 Å². The molecule has 0 fully saturated rings. The van der Waals surface area contributed by atoms with Gasteiger partial charge in [-0.15, -0.1) is 0 Å². The van der Waals surface area contributed by atoms with Crippen molar-refractivity contribution < 1.29 is 33.4 Å². The van der Waals surface area contributed by atoms with Crippen LogP contribution >= 0.6 is 0 Å². The first-order valence-corrected chi connectivity index (χ1v) is 11.4. The van der Waals surface area contributed by atoms with E-state index in [1.807, 2.05) is 6.07 Å². The van der Waals surface area contributed by atoms with Crippen molar-refractivity contribution in [2.75, 3.05) is 6.61 Å². The number of hydrogen-bond donors (Lipinski definition) is 1. The highest BCUT2D eigenvalue weighted by atomic mass is 16.6. The van der Waals surface area contributed by atoms with Crippen molar-refractivity contribution in [1.82, 2.24) is 5.32 Å². The number of benzene rings is 2. The zero-order chi connectivity index (χ0) is 24.6. The second kappa shape index (κ2) is 15.2. The highest BCUT2D eigenvalue weighted by molar-refractivity contribution is 5.82. The summed E-state index contributed by atoms with van der Waals surface area (Å²) in [4.78, 5) is 47.8. The number of hydrogen-bond acceptors (Lipinski definition) is 7. The molecule has 0 aliphatic carbocycles. The van der Waals surface area contributed by atoms with Crippen molar-refractivity contribution in [3.63, 3.8) is 0 Å². The van der Waals surface area contributed by atoms with Crippen LogP contribution in [0.4, 0.5) is 4.79 Å². The number of para-hydroxylation sites is 2. The Bertz CT molecular complexity index is 915. The molecule has 8 nitrogen and oxygen atoms in total. The van der Waals surface area contributed by atoms with E-state index in [4.69, 9.17) is 14.2 Å². The monoisotopic (exact) mass is 469 g/mol. The quantitative estimate of drug-likeness (QED) is 0.244. The van der Waals surface area contributed by atoms with E-state index in [1.165, 1.54) is 6.92 Å². The molecule has 0 aliphatic heterocycles. The molecule has 0 heterocycles. The molecule has 0 bridgehead atoms. The molecule has 0 aromatic heterocycles. The number of rotatable bonds is 14. The number of ether oxygens (including phenoxy) is 3. The van der Waals surface area contributed by atoms with Gasteiger partial charge in [-0.1, -0.05) is 49.2 Å². The highest BCUT2D eigenvalue weighted by Gasteiger charge is 2.23. The zero-order valence-electron chi connectivity index (χ0n) is 19.4. The van der Waals surface area contributed by atoms with Crippen LogP contribution in [-0.2, 0) is 19.1 Å². The van der Waals surface area contributed by atoms with Crippen molar-refractivity contribution in [1.29, 1.82) is 0 Å². The van der Waals surface area contributed by atoms with Crippen LogP contribution in [0.2, 0.25) is 0 Å². The lowest BCUT2D eigenvalue weighted by Gasteiger charge is -2.17. The van der Waals surface area contributed by atoms with Crippen LogP contribution in [0, 0.1) is 0 Å². The van der Waals surface area contributed by atoms with Gasteiger partial charge in [0.05, 0.1) is 6.61 Å². The molecule has 0 aliphatic rings. The van der Waals surface area contributed by atoms with E-state index >= 15 is 0 Å². The lowest BCUT2D eigenvalue weighted by molar-refractivity contribution is -0.147. The Morgan fingerprint density at radius 2 is 1.38 bits per heavy atom. The molecule has 1 atom stereocenters. The molecule has 182 valence electrons. The van der Waals surface area contributed by atoms with E-state index in [1.54, 1.807) is 54.6 Å². The van der Waals surface area contributed by atoms with Gasteiger partial charge in [0.15, 0.2) is 0 Å². The third-order valence-electron chi connectivity index (χ3n) is 4.80. The van der Waals surface area contributed by atoms with Crippen molar-refractivity contribution in [2.24, 2.45) is 0 Å². The maximum absolute atomic E-state index is 12.6. The molecule has 0 radical (unpaired) electrons. The Hall–Kier alpha value is -3.68. The minimum atomic E-state index is -0.898. The summed E-state index contributed by atoms with van der Waals surface area (Å²) in [6.07, 6.45) is 2.53. The lowest BCUT2D eigenvalue weighted by atomic mass is 10.1. The van der Waals surface area contributed by atoms with E-state index in [0.717, 1.165) is 12.8 Å². The molecule has 1 amide bonds. The number of nitrogens with one attached hydrogen (secondary N) is 1. The molecule has 0 saturated carbocycles. The molecule has 1 N–H and O–H groups in total. The predicted octanol–water partition coefficient (Wildman–Crippen LogP) is 4.61. The van der Waals surface area contributed by atoms with Gasteiger partial charge >= 0.3 is 18.0 Å². The van der Waals surface area contributed by atoms with Crippen molar-refractivity contribution in [3.8, 4) is 11.5 Å². The van der Waals surface area contributed by atoms with Crippen LogP contribution in [0.5, 0.6) is 11.5 Å². The van der Waals surface area contributed by atoms with E-state index in [2.05, 4.69) is 5.32 Å². The fourth-order valence-electron chi connectivity index (χ4n) is 3.08. The summed E-state index contributed by atoms with van der Waals surface area (Å²) in [7, 11) is 0. The Morgan fingerprint density at radius 3 is 2.00 bits per heavy atom. The summed E-state index contributed by atoms with van der Waals surface area (Å²) in [5.41, 5.74) is 0. The van der Waals surface area contributed by atoms with Gasteiger partial charge in [0.2, 0.25) is 0 Å². The third kappa shape index (κ3) is 11.3. The minimum absolute atomic E-state index is 0.0129. The summed E-state index contributed by atoms with van der Waals surface area (Å²) < 4.78 is 15.7. The maximum Gasteiger partial charge on any atom is 0.413 e. The number of carbonyl (C=O) groups excluding carboxylic acids is 4. The van der Waals surface area contributed by atoms with E-state index in [-0.39, 0.29) is 25.2 Å². The van der Waals surface area contributed by atoms with Crippen LogP contribution in [0.1, 0.15) is 51.9 Å². The molecular formula is C26H31NO7. The van der Waals surface area contributed by atoms with Crippen LogP contribution in [0.25, 0.3) is 0 Å². The molecule has 0 saturated heterocycles. The standard InChI is InChI=1S/C26H31NO7/c1-20(28)12-5-2-10-17-23(27-26(31)34-22-15-8-4-9-16-22)25(30)32-19-11-18-24(29)33-21-13-6-3-7-14-21/h3-4,6-9,13-16,23H,2,5,10-12,17-19H2,1H3,(H,27,31). The average molecular weight is 470 g/mol. The molecular weight excluding hydrogens is 438 g/mol. The highest BCUT2D eigenvalue weighted by Crippen LogP contribution is 2.12. The first-order valence-electron chi connectivity index (χ1n) is 11.4. The summed E-state index contributed by atoms with van der Waals surface area (Å²) >= 11 is 0. The van der Waals surface area contributed by atoms with Crippen LogP contribution in [-0.4, -0.2) is 36.5 Å². The van der Waals surface area contributed by atoms with E-state index in [9.17, 15) is 19.2 Å². The number of unbranched alkanes of at least 4 members (excludes halogenated alkanes) is 2. The number of ketones is 1. The second-order valence-corrected chi connectivity index (χ2v) is 7.76. The third-order valence-corrected chi connectivity index (χ3v) is 4.80. The van der Waals surface area contributed by atoms with Gasteiger partial charge in [0, 0.05) is 12.8 Å². The number of carbonyl (C=O) groups is 4. The largest absolute Gasteiger partial charge is 0.464 e. The van der Waals surface area contributed by atoms with Gasteiger partial charge in [-0.2, -0.15) is 0 Å². The predicted molar refractivity (Wildman–Crippen MR) is 125 cm³/mol. The van der Waals surface area contributed by atoms with Gasteiger partial charge in [-0.05, 0) is 50.5 Å². The first kappa shape index (κ1) is 26.6. The summed E-state index contributed by atoms with van der Waals surface area (Å²) in [6, 6.07) is 16.3. The smallest absolute Gasteiger partial charge is 0.413 e. The molecule has 2 rings (SSSR count). The molecule has 1 unspecified atom stereocenters. The summed E-state index contributed by atoms with van der Waals surface area (Å²) in [5, 5.41) is 2.55. The van der Waals surface area contributed by atoms with E-state index < -0.39 is 24.1 Å². The van der Waals surface area contributed by atoms with Crippen LogP contribution in [0.15, 0.2) is 60.7 Å². The first-order chi connectivity index (χ1) is 16.4. The number of esters is 2. The molecule has 2 aromatic rings. The summed E-state index contributed by atoms with van der Waals surface area (Å²) in [5.74, 6) is -0.103. The van der Waals surface area contributed by atoms with Gasteiger partial charge in [-0.25, -0.2) is 9.59 Å². The van der Waals surface area contributed by atoms with Gasteiger partial charge in [0.25, 0.3) is 0 Å². The Balaban J connectivity index is 1.78. The molecule has 8 heteroatoms. The van der Waals surface area contributed by atoms with Crippen molar-refractivity contribution in [3.05, 3.63) is 60.7 Å². The summed E-state index contributed by atoms with van der Waals surface area (Å²) in [6.45, 7) is 1.55. The van der Waals surface area contributed by atoms with Gasteiger partial charge < -0.3 is 24.3 Å². The second-order valence-electron chi connectivity index (χ2n) is 7.76. The minimum Gasteiger partial charge on any atom is -0.464 e. The average Bonchev–Trinajstić information content (AvgIpc) is 2.82. The fraction of sp³-hybridized carbons (Fsp3) is 0.385. The number of amides is 1. The zero-order valence-corrected chi connectivity index (χ0v) is 19.4. The van der Waals surface area contributed by atoms with Crippen LogP contribution < -0.4 is 14.8 Å².